The quantitative estimate of drug-likeness (QED) is 0.705. The second-order valence-corrected chi connectivity index (χ2v) is 5.24. The van der Waals surface area contributed by atoms with Gasteiger partial charge >= 0.3 is 5.97 Å². The third-order valence-corrected chi connectivity index (χ3v) is 3.79. The highest BCUT2D eigenvalue weighted by Crippen LogP contribution is 2.11. The van der Waals surface area contributed by atoms with Gasteiger partial charge < -0.3 is 10.4 Å². The van der Waals surface area contributed by atoms with E-state index >= 15 is 0 Å². The van der Waals surface area contributed by atoms with Crippen LogP contribution in [0.25, 0.3) is 5.65 Å². The molecule has 1 atom stereocenters. The molecular weight excluding hydrogens is 294 g/mol. The van der Waals surface area contributed by atoms with Crippen molar-refractivity contribution in [1.82, 2.24) is 14.7 Å². The van der Waals surface area contributed by atoms with Gasteiger partial charge in [-0.1, -0.05) is 6.07 Å². The minimum atomic E-state index is -1.10. The Morgan fingerprint density at radius 1 is 1.52 bits per heavy atom. The lowest BCUT2D eigenvalue weighted by molar-refractivity contribution is -0.139. The topological polar surface area (TPSA) is 101 Å². The summed E-state index contributed by atoms with van der Waals surface area (Å²) in [5, 5.41) is 11.1. The Labute approximate surface area is 124 Å². The summed E-state index contributed by atoms with van der Waals surface area (Å²) in [4.78, 5) is 37.4. The minimum Gasteiger partial charge on any atom is -0.480 e. The predicted octanol–water partition coefficient (Wildman–Crippen LogP) is 0.127. The Bertz CT molecular complexity index is 716. The van der Waals surface area contributed by atoms with Crippen LogP contribution in [0, 0.1) is 0 Å². The van der Waals surface area contributed by atoms with Gasteiger partial charge in [0.1, 0.15) is 11.7 Å². The van der Waals surface area contributed by atoms with Crippen LogP contribution < -0.4 is 10.9 Å². The van der Waals surface area contributed by atoms with E-state index < -0.39 is 12.0 Å². The number of hydrogen-bond acceptors (Lipinski definition) is 5. The molecule has 8 heteroatoms. The molecule has 21 heavy (non-hydrogen) atoms. The number of nitrogens with one attached hydrogen (secondary N) is 1. The van der Waals surface area contributed by atoms with Crippen LogP contribution in [0.1, 0.15) is 5.69 Å². The number of thioether (sulfide) groups is 1. The van der Waals surface area contributed by atoms with Gasteiger partial charge in [0, 0.05) is 23.8 Å². The molecular formula is C13H13N3O4S. The summed E-state index contributed by atoms with van der Waals surface area (Å²) < 4.78 is 1.43. The van der Waals surface area contributed by atoms with Crippen molar-refractivity contribution in [2.45, 2.75) is 11.8 Å². The number of pyridine rings is 1. The zero-order valence-electron chi connectivity index (χ0n) is 10.9. The molecule has 0 aliphatic heterocycles. The molecule has 0 spiro atoms. The molecule has 0 aromatic carbocycles. The van der Waals surface area contributed by atoms with E-state index in [0.717, 1.165) is 0 Å². The monoisotopic (exact) mass is 307 g/mol. The van der Waals surface area contributed by atoms with Crippen LogP contribution in [0.5, 0.6) is 0 Å². The van der Waals surface area contributed by atoms with E-state index in [2.05, 4.69) is 10.3 Å². The van der Waals surface area contributed by atoms with Crippen molar-refractivity contribution in [3.05, 3.63) is 46.5 Å². The summed E-state index contributed by atoms with van der Waals surface area (Å²) in [7, 11) is 0. The van der Waals surface area contributed by atoms with Crippen molar-refractivity contribution in [1.29, 1.82) is 0 Å². The second kappa shape index (κ2) is 6.89. The molecule has 1 unspecified atom stereocenters. The van der Waals surface area contributed by atoms with Gasteiger partial charge in [0.2, 0.25) is 6.41 Å². The maximum atomic E-state index is 11.9. The average molecular weight is 307 g/mol. The number of carbonyl (C=O) groups excluding carboxylic acids is 1. The number of aliphatic carboxylic acids is 1. The first-order valence-electron chi connectivity index (χ1n) is 6.09. The number of carbonyl (C=O) groups is 2. The zero-order chi connectivity index (χ0) is 15.2. The van der Waals surface area contributed by atoms with E-state index in [0.29, 0.717) is 23.5 Å². The van der Waals surface area contributed by atoms with Crippen molar-refractivity contribution in [3.63, 3.8) is 0 Å². The molecule has 2 rings (SSSR count). The highest BCUT2D eigenvalue weighted by molar-refractivity contribution is 7.98. The molecule has 2 aromatic rings. The van der Waals surface area contributed by atoms with Gasteiger partial charge in [-0.25, -0.2) is 9.78 Å². The number of carboxylic acid groups (broad SMARTS) is 1. The van der Waals surface area contributed by atoms with Gasteiger partial charge in [0.25, 0.3) is 5.56 Å². The Hall–Kier alpha value is -2.35. The number of aromatic nitrogens is 2. The molecule has 110 valence electrons. The van der Waals surface area contributed by atoms with E-state index in [9.17, 15) is 14.4 Å². The standard InChI is InChI=1S/C13H13N3O4S/c17-8-14-10(13(19)20)7-21-6-9-5-12(18)16-4-2-1-3-11(16)15-9/h1-5,8,10H,6-7H2,(H,14,17)(H,19,20). The van der Waals surface area contributed by atoms with E-state index in [1.807, 2.05) is 0 Å². The summed E-state index contributed by atoms with van der Waals surface area (Å²) in [5.74, 6) is -0.504. The maximum Gasteiger partial charge on any atom is 0.327 e. The number of amides is 1. The summed E-state index contributed by atoms with van der Waals surface area (Å²) in [5.41, 5.74) is 0.935. The number of fused-ring (bicyclic) bond motifs is 1. The van der Waals surface area contributed by atoms with Crippen LogP contribution >= 0.6 is 11.8 Å². The summed E-state index contributed by atoms with van der Waals surface area (Å²) in [6.45, 7) is 0. The molecule has 0 saturated carbocycles. The molecule has 0 aliphatic rings. The van der Waals surface area contributed by atoms with Gasteiger partial charge in [-0.05, 0) is 12.1 Å². The number of rotatable bonds is 7. The van der Waals surface area contributed by atoms with Crippen LogP contribution in [-0.4, -0.2) is 38.7 Å². The Balaban J connectivity index is 2.05. The fourth-order valence-corrected chi connectivity index (χ4v) is 2.68. The lowest BCUT2D eigenvalue weighted by Crippen LogP contribution is -2.37. The van der Waals surface area contributed by atoms with Crippen molar-refractivity contribution < 1.29 is 14.7 Å². The largest absolute Gasteiger partial charge is 0.480 e. The molecule has 0 radical (unpaired) electrons. The van der Waals surface area contributed by atoms with Gasteiger partial charge in [-0.15, -0.1) is 0 Å². The molecule has 0 saturated heterocycles. The highest BCUT2D eigenvalue weighted by atomic mass is 32.2. The van der Waals surface area contributed by atoms with Crippen LogP contribution in [0.4, 0.5) is 0 Å². The Morgan fingerprint density at radius 2 is 2.33 bits per heavy atom. The predicted molar refractivity (Wildman–Crippen MR) is 78.2 cm³/mol. The fraction of sp³-hybridized carbons (Fsp3) is 0.231. The number of hydrogen-bond donors (Lipinski definition) is 2. The van der Waals surface area contributed by atoms with E-state index in [-0.39, 0.29) is 11.3 Å². The maximum absolute atomic E-state index is 11.9. The van der Waals surface area contributed by atoms with E-state index in [1.54, 1.807) is 24.4 Å². The molecule has 1 amide bonds. The lowest BCUT2D eigenvalue weighted by atomic mass is 10.3. The number of carboxylic acids is 1. The molecule has 2 aromatic heterocycles. The van der Waals surface area contributed by atoms with Gasteiger partial charge in [0.05, 0.1) is 5.69 Å². The van der Waals surface area contributed by atoms with Gasteiger partial charge in [0.15, 0.2) is 0 Å². The first kappa shape index (κ1) is 15.0. The molecule has 2 N–H and O–H groups in total. The molecule has 0 fully saturated rings. The first-order valence-corrected chi connectivity index (χ1v) is 7.25. The summed E-state index contributed by atoms with van der Waals surface area (Å²) in [6.07, 6.45) is 2.00. The van der Waals surface area contributed by atoms with Crippen molar-refractivity contribution in [2.24, 2.45) is 0 Å². The Kier molecular flexibility index (Phi) is 4.94. The third-order valence-electron chi connectivity index (χ3n) is 2.73. The van der Waals surface area contributed by atoms with Crippen molar-refractivity contribution >= 4 is 29.8 Å². The SMILES string of the molecule is O=CNC(CSCc1cc(=O)n2ccccc2n1)C(=O)O. The average Bonchev–Trinajstić information content (AvgIpc) is 2.46. The molecule has 0 aliphatic carbocycles. The van der Waals surface area contributed by atoms with Crippen LogP contribution in [0.2, 0.25) is 0 Å². The third kappa shape index (κ3) is 3.82. The zero-order valence-corrected chi connectivity index (χ0v) is 11.7. The molecule has 7 nitrogen and oxygen atoms in total. The van der Waals surface area contributed by atoms with Gasteiger partial charge in [-0.3, -0.25) is 14.0 Å². The van der Waals surface area contributed by atoms with E-state index in [4.69, 9.17) is 5.11 Å². The molecule has 2 heterocycles. The minimum absolute atomic E-state index is 0.183. The number of nitrogens with zero attached hydrogens (tertiary/aromatic N) is 2. The Morgan fingerprint density at radius 3 is 3.05 bits per heavy atom. The summed E-state index contributed by atoms with van der Waals surface area (Å²) in [6, 6.07) is 5.72. The van der Waals surface area contributed by atoms with Gasteiger partial charge in [-0.2, -0.15) is 11.8 Å². The summed E-state index contributed by atoms with van der Waals surface area (Å²) >= 11 is 1.29. The lowest BCUT2D eigenvalue weighted by Gasteiger charge is -2.10. The van der Waals surface area contributed by atoms with Crippen molar-refractivity contribution in [2.75, 3.05) is 5.75 Å². The molecule has 0 bridgehead atoms. The van der Waals surface area contributed by atoms with Crippen LogP contribution in [0.3, 0.4) is 0 Å². The van der Waals surface area contributed by atoms with E-state index in [1.165, 1.54) is 22.2 Å². The normalized spacial score (nSPS) is 12.0. The fourth-order valence-electron chi connectivity index (χ4n) is 1.73. The smallest absolute Gasteiger partial charge is 0.327 e. The highest BCUT2D eigenvalue weighted by Gasteiger charge is 2.16. The first-order chi connectivity index (χ1) is 10.1. The van der Waals surface area contributed by atoms with Crippen LogP contribution in [0.15, 0.2) is 35.3 Å². The second-order valence-electron chi connectivity index (χ2n) is 4.21. The van der Waals surface area contributed by atoms with Crippen molar-refractivity contribution in [3.8, 4) is 0 Å². The van der Waals surface area contributed by atoms with Crippen LogP contribution in [-0.2, 0) is 15.3 Å².